The van der Waals surface area contributed by atoms with E-state index in [0.29, 0.717) is 34.6 Å². The molecule has 3 aromatic rings. The van der Waals surface area contributed by atoms with Crippen molar-refractivity contribution in [2.45, 2.75) is 20.4 Å². The van der Waals surface area contributed by atoms with Crippen LogP contribution >= 0.6 is 11.6 Å². The van der Waals surface area contributed by atoms with Gasteiger partial charge in [0, 0.05) is 12.2 Å². The Balaban J connectivity index is 1.74. The fraction of sp³-hybridized carbons (Fsp3) is 0.150. The number of aromatic nitrogens is 2. The van der Waals surface area contributed by atoms with Gasteiger partial charge in [-0.15, -0.1) is 0 Å². The number of aryl methyl sites for hydroxylation is 2. The van der Waals surface area contributed by atoms with Crippen LogP contribution in [0, 0.1) is 13.8 Å². The third-order valence-corrected chi connectivity index (χ3v) is 4.07. The number of para-hydroxylation sites is 1. The molecule has 5 nitrogen and oxygen atoms in total. The Bertz CT molecular complexity index is 943. The minimum absolute atomic E-state index is 0.251. The van der Waals surface area contributed by atoms with E-state index in [1.807, 2.05) is 56.3 Å². The first-order valence-corrected chi connectivity index (χ1v) is 8.60. The second-order valence-corrected chi connectivity index (χ2v) is 6.40. The van der Waals surface area contributed by atoms with E-state index in [9.17, 15) is 4.79 Å². The summed E-state index contributed by atoms with van der Waals surface area (Å²) in [7, 11) is 0. The van der Waals surface area contributed by atoms with Gasteiger partial charge in [0.25, 0.3) is 5.91 Å². The summed E-state index contributed by atoms with van der Waals surface area (Å²) < 4.78 is 0. The molecule has 0 aliphatic carbocycles. The van der Waals surface area contributed by atoms with Gasteiger partial charge in [-0.05, 0) is 37.6 Å². The summed E-state index contributed by atoms with van der Waals surface area (Å²) in [5, 5.41) is 6.50. The number of anilines is 2. The highest BCUT2D eigenvalue weighted by Gasteiger charge is 2.11. The minimum atomic E-state index is -0.251. The summed E-state index contributed by atoms with van der Waals surface area (Å²) in [4.78, 5) is 21.1. The van der Waals surface area contributed by atoms with Gasteiger partial charge in [-0.1, -0.05) is 53.6 Å². The third-order valence-electron chi connectivity index (χ3n) is 3.74. The van der Waals surface area contributed by atoms with Gasteiger partial charge in [0.2, 0.25) is 5.95 Å². The van der Waals surface area contributed by atoms with Gasteiger partial charge < -0.3 is 10.6 Å². The zero-order valence-corrected chi connectivity index (χ0v) is 15.3. The Labute approximate surface area is 157 Å². The molecular weight excluding hydrogens is 348 g/mol. The Morgan fingerprint density at radius 1 is 1.04 bits per heavy atom. The fourth-order valence-corrected chi connectivity index (χ4v) is 2.70. The molecule has 6 heteroatoms. The zero-order valence-electron chi connectivity index (χ0n) is 14.6. The zero-order chi connectivity index (χ0) is 18.5. The highest BCUT2D eigenvalue weighted by Crippen LogP contribution is 2.23. The van der Waals surface area contributed by atoms with Crippen LogP contribution in [0.5, 0.6) is 0 Å². The number of benzene rings is 2. The van der Waals surface area contributed by atoms with Crippen molar-refractivity contribution in [3.8, 4) is 0 Å². The van der Waals surface area contributed by atoms with Crippen LogP contribution < -0.4 is 10.6 Å². The lowest BCUT2D eigenvalue weighted by atomic mass is 10.1. The Morgan fingerprint density at radius 2 is 1.85 bits per heavy atom. The van der Waals surface area contributed by atoms with E-state index < -0.39 is 0 Å². The largest absolute Gasteiger partial charge is 0.347 e. The van der Waals surface area contributed by atoms with E-state index in [2.05, 4.69) is 20.6 Å². The van der Waals surface area contributed by atoms with Gasteiger partial charge >= 0.3 is 0 Å². The lowest BCUT2D eigenvalue weighted by Crippen LogP contribution is -2.24. The quantitative estimate of drug-likeness (QED) is 0.701. The fourth-order valence-electron chi connectivity index (χ4n) is 2.52. The van der Waals surface area contributed by atoms with Crippen LogP contribution in [0.15, 0.2) is 54.6 Å². The molecule has 0 saturated heterocycles. The Morgan fingerprint density at radius 3 is 2.62 bits per heavy atom. The van der Waals surface area contributed by atoms with Crippen LogP contribution in [-0.2, 0) is 6.54 Å². The van der Waals surface area contributed by atoms with Crippen LogP contribution in [0.3, 0.4) is 0 Å². The van der Waals surface area contributed by atoms with Crippen molar-refractivity contribution in [2.24, 2.45) is 0 Å². The summed E-state index contributed by atoms with van der Waals surface area (Å²) in [6.07, 6.45) is 0. The average Bonchev–Trinajstić information content (AvgIpc) is 2.61. The van der Waals surface area contributed by atoms with Gasteiger partial charge in [0.15, 0.2) is 0 Å². The van der Waals surface area contributed by atoms with Crippen molar-refractivity contribution in [1.82, 2.24) is 15.3 Å². The lowest BCUT2D eigenvalue weighted by Gasteiger charge is -2.10. The third kappa shape index (κ3) is 4.58. The van der Waals surface area contributed by atoms with E-state index >= 15 is 0 Å². The number of halogens is 1. The molecule has 0 atom stereocenters. The van der Waals surface area contributed by atoms with E-state index in [0.717, 1.165) is 11.1 Å². The maximum Gasteiger partial charge on any atom is 0.270 e. The maximum absolute atomic E-state index is 12.5. The molecule has 1 heterocycles. The number of carbonyl (C=O) groups excluding carboxylic acids is 1. The van der Waals surface area contributed by atoms with Crippen LogP contribution in [0.4, 0.5) is 11.6 Å². The van der Waals surface area contributed by atoms with Crippen molar-refractivity contribution in [3.63, 3.8) is 0 Å². The Kier molecular flexibility index (Phi) is 5.49. The van der Waals surface area contributed by atoms with Gasteiger partial charge in [-0.25, -0.2) is 9.97 Å². The number of rotatable bonds is 5. The standard InChI is InChI=1S/C20H19ClN4O/c1-13-6-5-7-15(10-13)12-22-19(26)18-11-14(2)23-20(25-18)24-17-9-4-3-8-16(17)21/h3-11H,12H2,1-2H3,(H,22,26)(H,23,24,25). The number of nitrogens with zero attached hydrogens (tertiary/aromatic N) is 2. The summed E-state index contributed by atoms with van der Waals surface area (Å²) in [6.45, 7) is 4.28. The molecule has 3 rings (SSSR count). The topological polar surface area (TPSA) is 66.9 Å². The highest BCUT2D eigenvalue weighted by molar-refractivity contribution is 6.33. The van der Waals surface area contributed by atoms with Gasteiger partial charge in [-0.3, -0.25) is 4.79 Å². The number of hydrogen-bond acceptors (Lipinski definition) is 4. The molecule has 0 aliphatic heterocycles. The first-order chi connectivity index (χ1) is 12.5. The smallest absolute Gasteiger partial charge is 0.270 e. The van der Waals surface area contributed by atoms with E-state index in [1.54, 1.807) is 12.1 Å². The molecule has 0 spiro atoms. The van der Waals surface area contributed by atoms with Crippen molar-refractivity contribution < 1.29 is 4.79 Å². The second kappa shape index (κ2) is 7.97. The van der Waals surface area contributed by atoms with Gasteiger partial charge in [0.1, 0.15) is 5.69 Å². The van der Waals surface area contributed by atoms with Crippen LogP contribution in [0.2, 0.25) is 5.02 Å². The van der Waals surface area contributed by atoms with E-state index in [-0.39, 0.29) is 5.91 Å². The molecule has 2 aromatic carbocycles. The number of amides is 1. The molecule has 1 aromatic heterocycles. The summed E-state index contributed by atoms with van der Waals surface area (Å²) in [5.74, 6) is 0.0815. The average molecular weight is 367 g/mol. The highest BCUT2D eigenvalue weighted by atomic mass is 35.5. The monoisotopic (exact) mass is 366 g/mol. The number of hydrogen-bond donors (Lipinski definition) is 2. The van der Waals surface area contributed by atoms with Crippen molar-refractivity contribution >= 4 is 29.1 Å². The molecule has 132 valence electrons. The molecule has 0 fully saturated rings. The molecule has 0 bridgehead atoms. The number of carbonyl (C=O) groups is 1. The summed E-state index contributed by atoms with van der Waals surface area (Å²) in [6, 6.07) is 17.0. The van der Waals surface area contributed by atoms with Gasteiger partial charge in [0.05, 0.1) is 10.7 Å². The van der Waals surface area contributed by atoms with Crippen molar-refractivity contribution in [1.29, 1.82) is 0 Å². The van der Waals surface area contributed by atoms with Crippen LogP contribution in [0.1, 0.15) is 27.3 Å². The second-order valence-electron chi connectivity index (χ2n) is 5.99. The van der Waals surface area contributed by atoms with E-state index in [1.165, 1.54) is 0 Å². The first-order valence-electron chi connectivity index (χ1n) is 8.22. The summed E-state index contributed by atoms with van der Waals surface area (Å²) >= 11 is 6.15. The normalized spacial score (nSPS) is 10.4. The molecular formula is C20H19ClN4O. The molecule has 0 unspecified atom stereocenters. The molecule has 0 saturated carbocycles. The van der Waals surface area contributed by atoms with Crippen molar-refractivity contribution in [3.05, 3.63) is 82.1 Å². The minimum Gasteiger partial charge on any atom is -0.347 e. The number of nitrogens with one attached hydrogen (secondary N) is 2. The van der Waals surface area contributed by atoms with Crippen LogP contribution in [0.25, 0.3) is 0 Å². The molecule has 0 aliphatic rings. The van der Waals surface area contributed by atoms with Crippen LogP contribution in [-0.4, -0.2) is 15.9 Å². The van der Waals surface area contributed by atoms with E-state index in [4.69, 9.17) is 11.6 Å². The lowest BCUT2D eigenvalue weighted by molar-refractivity contribution is 0.0945. The maximum atomic E-state index is 12.5. The predicted molar refractivity (Wildman–Crippen MR) is 104 cm³/mol. The SMILES string of the molecule is Cc1cccc(CNC(=O)c2cc(C)nc(Nc3ccccc3Cl)n2)c1. The molecule has 0 radical (unpaired) electrons. The Hall–Kier alpha value is -2.92. The first kappa shape index (κ1) is 17.9. The summed E-state index contributed by atoms with van der Waals surface area (Å²) in [5.41, 5.74) is 3.88. The predicted octanol–water partition coefficient (Wildman–Crippen LogP) is 4.42. The molecule has 26 heavy (non-hydrogen) atoms. The molecule has 2 N–H and O–H groups in total. The van der Waals surface area contributed by atoms with Crippen molar-refractivity contribution in [2.75, 3.05) is 5.32 Å². The van der Waals surface area contributed by atoms with Gasteiger partial charge in [-0.2, -0.15) is 0 Å². The molecule has 1 amide bonds.